The summed E-state index contributed by atoms with van der Waals surface area (Å²) in [5, 5.41) is 10.6. The molecule has 1 amide bonds. The molecule has 2 N–H and O–H groups in total. The molecule has 1 fully saturated rings. The number of likely N-dealkylation sites (tertiary alicyclic amines) is 1. The molecule has 5 nitrogen and oxygen atoms in total. The van der Waals surface area contributed by atoms with Crippen molar-refractivity contribution in [3.05, 3.63) is 52.8 Å². The third-order valence-corrected chi connectivity index (χ3v) is 4.76. The Labute approximate surface area is 141 Å². The lowest BCUT2D eigenvalue weighted by molar-refractivity contribution is 0.0783. The fourth-order valence-corrected chi connectivity index (χ4v) is 3.49. The highest BCUT2D eigenvalue weighted by molar-refractivity contribution is 5.94. The lowest BCUT2D eigenvalue weighted by atomic mass is 9.99. The number of nitrogens with one attached hydrogen (secondary N) is 2. The van der Waals surface area contributed by atoms with Gasteiger partial charge in [0.15, 0.2) is 5.69 Å². The van der Waals surface area contributed by atoms with Crippen molar-refractivity contribution in [3.63, 3.8) is 0 Å². The summed E-state index contributed by atoms with van der Waals surface area (Å²) in [5.74, 6) is 0.512. The molecule has 0 aliphatic carbocycles. The van der Waals surface area contributed by atoms with Crippen molar-refractivity contribution >= 4 is 18.3 Å². The summed E-state index contributed by atoms with van der Waals surface area (Å²) in [6.45, 7) is 3.29. The Morgan fingerprint density at radius 3 is 2.91 bits per heavy atom. The van der Waals surface area contributed by atoms with Crippen molar-refractivity contribution in [2.24, 2.45) is 0 Å². The largest absolute Gasteiger partial charge is 0.337 e. The van der Waals surface area contributed by atoms with Crippen LogP contribution >= 0.6 is 12.4 Å². The van der Waals surface area contributed by atoms with Crippen LogP contribution in [0.5, 0.6) is 0 Å². The summed E-state index contributed by atoms with van der Waals surface area (Å²) in [6.07, 6.45) is 1.95. The SMILES string of the molecule is Cl.O=C(c1n[nH]c2c1CNCC2)N1CCC(c2ccccc2)C1. The van der Waals surface area contributed by atoms with Crippen molar-refractivity contribution in [1.82, 2.24) is 20.4 Å². The highest BCUT2D eigenvalue weighted by Crippen LogP contribution is 2.28. The van der Waals surface area contributed by atoms with Gasteiger partial charge in [0.25, 0.3) is 5.91 Å². The van der Waals surface area contributed by atoms with E-state index in [-0.39, 0.29) is 18.3 Å². The standard InChI is InChI=1S/C17H20N4O.ClH/c22-17(16-14-10-18-8-6-15(14)19-20-16)21-9-7-13(11-21)12-4-2-1-3-5-12;/h1-5,13,18H,6-11H2,(H,19,20);1H. The summed E-state index contributed by atoms with van der Waals surface area (Å²) in [6, 6.07) is 10.5. The second-order valence-corrected chi connectivity index (χ2v) is 6.10. The molecule has 23 heavy (non-hydrogen) atoms. The Hall–Kier alpha value is -1.85. The van der Waals surface area contributed by atoms with Gasteiger partial charge in [-0.2, -0.15) is 5.10 Å². The fraction of sp³-hybridized carbons (Fsp3) is 0.412. The van der Waals surface area contributed by atoms with Gasteiger partial charge in [-0.15, -0.1) is 12.4 Å². The van der Waals surface area contributed by atoms with Crippen LogP contribution in [0.25, 0.3) is 0 Å². The number of carbonyl (C=O) groups excluding carboxylic acids is 1. The number of nitrogens with zero attached hydrogens (tertiary/aromatic N) is 2. The molecule has 1 aromatic carbocycles. The summed E-state index contributed by atoms with van der Waals surface area (Å²) in [7, 11) is 0. The van der Waals surface area contributed by atoms with E-state index in [1.54, 1.807) is 0 Å². The molecule has 6 heteroatoms. The van der Waals surface area contributed by atoms with Gasteiger partial charge in [-0.3, -0.25) is 9.89 Å². The maximum atomic E-state index is 12.8. The Bertz CT molecular complexity index is 685. The van der Waals surface area contributed by atoms with Crippen molar-refractivity contribution in [3.8, 4) is 0 Å². The van der Waals surface area contributed by atoms with Gasteiger partial charge >= 0.3 is 0 Å². The molecule has 1 unspecified atom stereocenters. The zero-order chi connectivity index (χ0) is 14.9. The Morgan fingerprint density at radius 2 is 2.09 bits per heavy atom. The van der Waals surface area contributed by atoms with Crippen molar-refractivity contribution in [2.45, 2.75) is 25.3 Å². The number of benzene rings is 1. The van der Waals surface area contributed by atoms with Gasteiger partial charge in [0, 0.05) is 49.8 Å². The van der Waals surface area contributed by atoms with Crippen molar-refractivity contribution in [2.75, 3.05) is 19.6 Å². The monoisotopic (exact) mass is 332 g/mol. The van der Waals surface area contributed by atoms with Crippen LogP contribution in [0.4, 0.5) is 0 Å². The quantitative estimate of drug-likeness (QED) is 0.885. The van der Waals surface area contributed by atoms with Crippen LogP contribution in [0.2, 0.25) is 0 Å². The molecule has 2 aliphatic heterocycles. The molecule has 3 heterocycles. The van der Waals surface area contributed by atoms with E-state index >= 15 is 0 Å². The summed E-state index contributed by atoms with van der Waals surface area (Å²) in [5.41, 5.74) is 4.10. The molecule has 0 bridgehead atoms. The maximum absolute atomic E-state index is 12.8. The molecule has 0 spiro atoms. The summed E-state index contributed by atoms with van der Waals surface area (Å²) >= 11 is 0. The minimum atomic E-state index is 0. The molecule has 1 aromatic heterocycles. The zero-order valence-corrected chi connectivity index (χ0v) is 13.7. The van der Waals surface area contributed by atoms with Gasteiger partial charge in [0.1, 0.15) is 0 Å². The van der Waals surface area contributed by atoms with Gasteiger partial charge in [-0.05, 0) is 12.0 Å². The summed E-state index contributed by atoms with van der Waals surface area (Å²) in [4.78, 5) is 14.7. The van der Waals surface area contributed by atoms with Gasteiger partial charge in [-0.25, -0.2) is 0 Å². The third-order valence-electron chi connectivity index (χ3n) is 4.76. The minimum Gasteiger partial charge on any atom is -0.337 e. The molecule has 0 radical (unpaired) electrons. The second kappa shape index (κ2) is 6.72. The molecule has 0 saturated carbocycles. The van der Waals surface area contributed by atoms with E-state index in [0.717, 1.165) is 50.3 Å². The highest BCUT2D eigenvalue weighted by Gasteiger charge is 2.31. The molecule has 4 rings (SSSR count). The first-order valence-electron chi connectivity index (χ1n) is 7.94. The maximum Gasteiger partial charge on any atom is 0.274 e. The Balaban J connectivity index is 0.00000156. The first kappa shape index (κ1) is 16.0. The molecule has 2 aromatic rings. The lowest BCUT2D eigenvalue weighted by Crippen LogP contribution is -2.31. The van der Waals surface area contributed by atoms with Gasteiger partial charge < -0.3 is 10.2 Å². The van der Waals surface area contributed by atoms with E-state index in [4.69, 9.17) is 0 Å². The van der Waals surface area contributed by atoms with E-state index in [9.17, 15) is 4.79 Å². The van der Waals surface area contributed by atoms with Gasteiger partial charge in [-0.1, -0.05) is 30.3 Å². The van der Waals surface area contributed by atoms with Crippen LogP contribution in [0, 0.1) is 0 Å². The molecule has 1 atom stereocenters. The van der Waals surface area contributed by atoms with Crippen LogP contribution in [0.1, 0.15) is 39.6 Å². The van der Waals surface area contributed by atoms with Crippen LogP contribution < -0.4 is 5.32 Å². The number of hydrogen-bond acceptors (Lipinski definition) is 3. The first-order chi connectivity index (χ1) is 10.8. The average molecular weight is 333 g/mol. The number of aromatic amines is 1. The van der Waals surface area contributed by atoms with E-state index < -0.39 is 0 Å². The topological polar surface area (TPSA) is 61.0 Å². The number of carbonyl (C=O) groups is 1. The van der Waals surface area contributed by atoms with Crippen molar-refractivity contribution < 1.29 is 4.79 Å². The highest BCUT2D eigenvalue weighted by atomic mass is 35.5. The van der Waals surface area contributed by atoms with Crippen LogP contribution in [-0.2, 0) is 13.0 Å². The second-order valence-electron chi connectivity index (χ2n) is 6.10. The summed E-state index contributed by atoms with van der Waals surface area (Å²) < 4.78 is 0. The van der Waals surface area contributed by atoms with E-state index in [0.29, 0.717) is 11.6 Å². The fourth-order valence-electron chi connectivity index (χ4n) is 3.49. The molecule has 1 saturated heterocycles. The number of halogens is 1. The number of hydrogen-bond donors (Lipinski definition) is 2. The van der Waals surface area contributed by atoms with Gasteiger partial charge in [0.05, 0.1) is 0 Å². The predicted molar refractivity (Wildman–Crippen MR) is 90.9 cm³/mol. The zero-order valence-electron chi connectivity index (χ0n) is 12.9. The number of rotatable bonds is 2. The van der Waals surface area contributed by atoms with Crippen LogP contribution in [0.3, 0.4) is 0 Å². The number of H-pyrrole nitrogens is 1. The Kier molecular flexibility index (Phi) is 4.68. The van der Waals surface area contributed by atoms with Gasteiger partial charge in [0.2, 0.25) is 0 Å². The molecule has 122 valence electrons. The normalized spacial score (nSPS) is 20.0. The molecular formula is C17H21ClN4O. The van der Waals surface area contributed by atoms with Crippen molar-refractivity contribution in [1.29, 1.82) is 0 Å². The number of aromatic nitrogens is 2. The lowest BCUT2D eigenvalue weighted by Gasteiger charge is -2.18. The average Bonchev–Trinajstić information content (AvgIpc) is 3.22. The minimum absolute atomic E-state index is 0. The smallest absolute Gasteiger partial charge is 0.274 e. The molecular weight excluding hydrogens is 312 g/mol. The first-order valence-corrected chi connectivity index (χ1v) is 7.94. The number of amides is 1. The van der Waals surface area contributed by atoms with E-state index in [2.05, 4.69) is 39.8 Å². The van der Waals surface area contributed by atoms with E-state index in [1.807, 2.05) is 11.0 Å². The predicted octanol–water partition coefficient (Wildman–Crippen LogP) is 2.11. The molecule has 2 aliphatic rings. The van der Waals surface area contributed by atoms with Crippen LogP contribution in [0.15, 0.2) is 30.3 Å². The van der Waals surface area contributed by atoms with E-state index in [1.165, 1.54) is 5.56 Å². The van der Waals surface area contributed by atoms with Crippen LogP contribution in [-0.4, -0.2) is 40.6 Å². The number of fused-ring (bicyclic) bond motifs is 1. The Morgan fingerprint density at radius 1 is 1.26 bits per heavy atom. The third kappa shape index (κ3) is 2.99.